The number of carboxylic acids is 1. The van der Waals surface area contributed by atoms with Gasteiger partial charge in [0.2, 0.25) is 0 Å². The van der Waals surface area contributed by atoms with Gasteiger partial charge in [0.1, 0.15) is 15.8 Å². The zero-order valence-corrected chi connectivity index (χ0v) is 19.0. The molecule has 1 aromatic heterocycles. The van der Waals surface area contributed by atoms with Gasteiger partial charge in [-0.3, -0.25) is 14.5 Å². The van der Waals surface area contributed by atoms with Crippen LogP contribution in [0.2, 0.25) is 10.0 Å². The van der Waals surface area contributed by atoms with Crippen molar-refractivity contribution in [3.05, 3.63) is 51.0 Å². The Bertz CT molecular complexity index is 1000. The summed E-state index contributed by atoms with van der Waals surface area (Å²) in [5.74, 6) is 0.158. The second-order valence-electron chi connectivity index (χ2n) is 6.72. The van der Waals surface area contributed by atoms with E-state index in [-0.39, 0.29) is 12.3 Å². The lowest BCUT2D eigenvalue weighted by atomic mass is 10.1. The van der Waals surface area contributed by atoms with Gasteiger partial charge in [-0.15, -0.1) is 0 Å². The van der Waals surface area contributed by atoms with E-state index in [0.29, 0.717) is 49.3 Å². The van der Waals surface area contributed by atoms with Crippen LogP contribution in [0, 0.1) is 0 Å². The van der Waals surface area contributed by atoms with Crippen molar-refractivity contribution in [2.45, 2.75) is 32.1 Å². The largest absolute Gasteiger partial charge is 0.481 e. The predicted molar refractivity (Wildman–Crippen MR) is 125 cm³/mol. The molecular weight excluding hydrogens is 465 g/mol. The Labute approximate surface area is 194 Å². The van der Waals surface area contributed by atoms with Gasteiger partial charge in [-0.1, -0.05) is 60.0 Å². The molecule has 0 unspecified atom stereocenters. The number of carboxylic acid groups (broad SMARTS) is 1. The highest BCUT2D eigenvalue weighted by Crippen LogP contribution is 2.35. The van der Waals surface area contributed by atoms with E-state index in [4.69, 9.17) is 44.9 Å². The third-order valence-corrected chi connectivity index (χ3v) is 6.43. The number of furan rings is 1. The number of halogens is 2. The molecule has 2 aromatic rings. The van der Waals surface area contributed by atoms with Gasteiger partial charge in [0.25, 0.3) is 5.91 Å². The molecule has 1 aromatic carbocycles. The fourth-order valence-corrected chi connectivity index (χ4v) is 4.65. The van der Waals surface area contributed by atoms with Crippen LogP contribution in [0.1, 0.15) is 37.9 Å². The van der Waals surface area contributed by atoms with E-state index >= 15 is 0 Å². The van der Waals surface area contributed by atoms with Gasteiger partial charge in [0.15, 0.2) is 0 Å². The second-order valence-corrected chi connectivity index (χ2v) is 9.24. The van der Waals surface area contributed by atoms with Gasteiger partial charge in [0.05, 0.1) is 9.93 Å². The molecular formula is C21H19Cl2NO4S2. The van der Waals surface area contributed by atoms with Crippen LogP contribution in [0.15, 0.2) is 39.7 Å². The van der Waals surface area contributed by atoms with E-state index in [1.165, 1.54) is 11.8 Å². The average Bonchev–Trinajstić information content (AvgIpc) is 3.26. The molecule has 3 rings (SSSR count). The molecule has 1 N–H and O–H groups in total. The number of hydrogen-bond acceptors (Lipinski definition) is 5. The lowest BCUT2D eigenvalue weighted by molar-refractivity contribution is -0.137. The predicted octanol–water partition coefficient (Wildman–Crippen LogP) is 6.49. The minimum Gasteiger partial charge on any atom is -0.481 e. The number of nitrogens with zero attached hydrogens (tertiary/aromatic N) is 1. The standard InChI is InChI=1S/C21H19Cl2NO4S2/c22-13-6-8-16(23)15(11-13)17-9-7-14(28-17)12-18-20(27)24(21(29)30-18)10-4-2-1-3-5-19(25)26/h6-9,11-12H,1-5,10H2,(H,25,26). The topological polar surface area (TPSA) is 70.8 Å². The number of hydrogen-bond donors (Lipinski definition) is 1. The summed E-state index contributed by atoms with van der Waals surface area (Å²) in [6, 6.07) is 8.67. The summed E-state index contributed by atoms with van der Waals surface area (Å²) >= 11 is 18.9. The summed E-state index contributed by atoms with van der Waals surface area (Å²) in [4.78, 5) is 25.3. The first-order chi connectivity index (χ1) is 14.3. The van der Waals surface area contributed by atoms with Gasteiger partial charge in [-0.2, -0.15) is 0 Å². The molecule has 5 nitrogen and oxygen atoms in total. The van der Waals surface area contributed by atoms with Crippen molar-refractivity contribution in [1.29, 1.82) is 0 Å². The number of thiocarbonyl (C=S) groups is 1. The van der Waals surface area contributed by atoms with Crippen molar-refractivity contribution in [1.82, 2.24) is 4.90 Å². The first-order valence-corrected chi connectivity index (χ1v) is 11.4. The van der Waals surface area contributed by atoms with Crippen molar-refractivity contribution >= 4 is 69.5 Å². The Balaban J connectivity index is 1.61. The van der Waals surface area contributed by atoms with Crippen molar-refractivity contribution < 1.29 is 19.1 Å². The van der Waals surface area contributed by atoms with E-state index in [0.717, 1.165) is 19.3 Å². The average molecular weight is 484 g/mol. The quantitative estimate of drug-likeness (QED) is 0.249. The minimum absolute atomic E-state index is 0.144. The summed E-state index contributed by atoms with van der Waals surface area (Å²) in [7, 11) is 0. The number of carbonyl (C=O) groups is 2. The van der Waals surface area contributed by atoms with Crippen LogP contribution in [0.3, 0.4) is 0 Å². The van der Waals surface area contributed by atoms with Crippen LogP contribution >= 0.6 is 47.2 Å². The molecule has 158 valence electrons. The number of benzene rings is 1. The summed E-state index contributed by atoms with van der Waals surface area (Å²) in [6.45, 7) is 0.524. The Hall–Kier alpha value is -1.80. The molecule has 0 aliphatic carbocycles. The van der Waals surface area contributed by atoms with Gasteiger partial charge < -0.3 is 9.52 Å². The highest BCUT2D eigenvalue weighted by atomic mass is 35.5. The van der Waals surface area contributed by atoms with Crippen molar-refractivity contribution in [2.75, 3.05) is 6.54 Å². The third-order valence-electron chi connectivity index (χ3n) is 4.49. The number of unbranched alkanes of at least 4 members (excludes halogenated alkanes) is 3. The number of thioether (sulfide) groups is 1. The second kappa shape index (κ2) is 10.5. The lowest BCUT2D eigenvalue weighted by Gasteiger charge is -2.13. The maximum atomic E-state index is 12.7. The van der Waals surface area contributed by atoms with Crippen LogP contribution in [-0.4, -0.2) is 32.7 Å². The molecule has 0 atom stereocenters. The zero-order valence-electron chi connectivity index (χ0n) is 15.9. The lowest BCUT2D eigenvalue weighted by Crippen LogP contribution is -2.29. The number of aliphatic carboxylic acids is 1. The van der Waals surface area contributed by atoms with E-state index in [2.05, 4.69) is 0 Å². The molecule has 30 heavy (non-hydrogen) atoms. The Morgan fingerprint density at radius 3 is 2.70 bits per heavy atom. The minimum atomic E-state index is -0.782. The molecule has 1 fully saturated rings. The van der Waals surface area contributed by atoms with Gasteiger partial charge in [-0.25, -0.2) is 0 Å². The molecule has 0 spiro atoms. The van der Waals surface area contributed by atoms with Crippen molar-refractivity contribution in [2.24, 2.45) is 0 Å². The smallest absolute Gasteiger partial charge is 0.303 e. The van der Waals surface area contributed by atoms with E-state index in [1.807, 2.05) is 0 Å². The molecule has 0 radical (unpaired) electrons. The maximum Gasteiger partial charge on any atom is 0.303 e. The first kappa shape index (κ1) is 22.9. The van der Waals surface area contributed by atoms with Gasteiger partial charge in [0, 0.05) is 29.6 Å². The van der Waals surface area contributed by atoms with Crippen LogP contribution < -0.4 is 0 Å². The molecule has 9 heteroatoms. The van der Waals surface area contributed by atoms with Crippen LogP contribution in [0.25, 0.3) is 17.4 Å². The first-order valence-electron chi connectivity index (χ1n) is 9.37. The number of carbonyl (C=O) groups excluding carboxylic acids is 1. The van der Waals surface area contributed by atoms with E-state index in [1.54, 1.807) is 41.3 Å². The fraction of sp³-hybridized carbons (Fsp3) is 0.286. The monoisotopic (exact) mass is 483 g/mol. The van der Waals surface area contributed by atoms with Crippen LogP contribution in [0.5, 0.6) is 0 Å². The zero-order chi connectivity index (χ0) is 21.7. The van der Waals surface area contributed by atoms with Crippen molar-refractivity contribution in [3.63, 3.8) is 0 Å². The summed E-state index contributed by atoms with van der Waals surface area (Å²) in [5.41, 5.74) is 0.680. The molecule has 1 aliphatic heterocycles. The third kappa shape index (κ3) is 5.88. The maximum absolute atomic E-state index is 12.7. The van der Waals surface area contributed by atoms with Gasteiger partial charge in [-0.05, 0) is 43.2 Å². The molecule has 2 heterocycles. The summed E-state index contributed by atoms with van der Waals surface area (Å²) in [6.07, 6.45) is 4.94. The van der Waals surface area contributed by atoms with Gasteiger partial charge >= 0.3 is 5.97 Å². The molecule has 1 amide bonds. The van der Waals surface area contributed by atoms with Crippen molar-refractivity contribution in [3.8, 4) is 11.3 Å². The fourth-order valence-electron chi connectivity index (χ4n) is 2.98. The summed E-state index contributed by atoms with van der Waals surface area (Å²) in [5, 5.41) is 9.73. The molecule has 1 aliphatic rings. The molecule has 1 saturated heterocycles. The number of rotatable bonds is 9. The number of amides is 1. The van der Waals surface area contributed by atoms with E-state index < -0.39 is 5.97 Å². The van der Waals surface area contributed by atoms with Crippen LogP contribution in [0.4, 0.5) is 0 Å². The van der Waals surface area contributed by atoms with E-state index in [9.17, 15) is 9.59 Å². The summed E-state index contributed by atoms with van der Waals surface area (Å²) < 4.78 is 6.35. The normalized spacial score (nSPS) is 15.4. The Morgan fingerprint density at radius 1 is 1.17 bits per heavy atom. The highest BCUT2D eigenvalue weighted by Gasteiger charge is 2.31. The van der Waals surface area contributed by atoms with Crippen LogP contribution in [-0.2, 0) is 9.59 Å². The Morgan fingerprint density at radius 2 is 1.93 bits per heavy atom. The SMILES string of the molecule is O=C(O)CCCCCCN1C(=O)C(=Cc2ccc(-c3cc(Cl)ccc3Cl)o2)SC1=S. The molecule has 0 saturated carbocycles. The Kier molecular flexibility index (Phi) is 7.99. The highest BCUT2D eigenvalue weighted by molar-refractivity contribution is 8.26. The molecule has 0 bridgehead atoms.